The van der Waals surface area contributed by atoms with E-state index in [9.17, 15) is 4.79 Å². The van der Waals surface area contributed by atoms with E-state index in [4.69, 9.17) is 9.72 Å². The summed E-state index contributed by atoms with van der Waals surface area (Å²) in [6.07, 6.45) is 0.995. The standard InChI is InChI=1S/C24H29N3O2S/c1-4-19-7-8-21-22(16-19)30-24(25-21)27(10-9-26-11-13-29-14-12-26)23(28)20-15-17(2)5-6-18(20)3/h5-8,15-16H,4,9-14H2,1-3H3/p+1. The predicted octanol–water partition coefficient (Wildman–Crippen LogP) is 3.04. The summed E-state index contributed by atoms with van der Waals surface area (Å²) in [5, 5.41) is 0.789. The van der Waals surface area contributed by atoms with Gasteiger partial charge in [0.2, 0.25) is 0 Å². The van der Waals surface area contributed by atoms with Crippen LogP contribution in [-0.2, 0) is 11.2 Å². The number of benzene rings is 2. The van der Waals surface area contributed by atoms with Crippen molar-refractivity contribution >= 4 is 32.6 Å². The fraction of sp³-hybridized carbons (Fsp3) is 0.417. The average molecular weight is 425 g/mol. The average Bonchev–Trinajstić information content (AvgIpc) is 3.19. The molecule has 0 spiro atoms. The zero-order valence-corrected chi connectivity index (χ0v) is 18.8. The van der Waals surface area contributed by atoms with Crippen molar-refractivity contribution in [1.82, 2.24) is 4.98 Å². The Morgan fingerprint density at radius 3 is 2.73 bits per heavy atom. The molecule has 0 radical (unpaired) electrons. The van der Waals surface area contributed by atoms with Crippen LogP contribution >= 0.6 is 11.3 Å². The lowest BCUT2D eigenvalue weighted by Crippen LogP contribution is -3.14. The molecule has 1 aliphatic rings. The number of anilines is 1. The Bertz CT molecular complexity index is 1040. The number of ether oxygens (including phenoxy) is 1. The van der Waals surface area contributed by atoms with Gasteiger partial charge in [0.25, 0.3) is 5.91 Å². The summed E-state index contributed by atoms with van der Waals surface area (Å²) in [7, 11) is 0. The van der Waals surface area contributed by atoms with Crippen LogP contribution in [0.1, 0.15) is 34.0 Å². The van der Waals surface area contributed by atoms with Gasteiger partial charge in [0.05, 0.1) is 36.5 Å². The number of aryl methyl sites for hydroxylation is 3. The van der Waals surface area contributed by atoms with Gasteiger partial charge in [-0.25, -0.2) is 4.98 Å². The molecule has 0 bridgehead atoms. The molecule has 1 aliphatic heterocycles. The number of amides is 1. The minimum Gasteiger partial charge on any atom is -0.370 e. The van der Waals surface area contributed by atoms with E-state index < -0.39 is 0 Å². The fourth-order valence-corrected chi connectivity index (χ4v) is 4.92. The van der Waals surface area contributed by atoms with E-state index in [1.54, 1.807) is 11.3 Å². The normalized spacial score (nSPS) is 14.9. The number of morpholine rings is 1. The van der Waals surface area contributed by atoms with Gasteiger partial charge in [0, 0.05) is 5.56 Å². The lowest BCUT2D eigenvalue weighted by atomic mass is 10.0. The zero-order chi connectivity index (χ0) is 21.1. The second-order valence-corrected chi connectivity index (χ2v) is 9.05. The molecule has 4 rings (SSSR count). The molecule has 1 N–H and O–H groups in total. The number of hydrogen-bond acceptors (Lipinski definition) is 4. The number of thiazole rings is 1. The van der Waals surface area contributed by atoms with Crippen LogP contribution < -0.4 is 9.80 Å². The minimum atomic E-state index is 0.0404. The first kappa shape index (κ1) is 21.0. The Kier molecular flexibility index (Phi) is 6.46. The molecule has 2 aromatic carbocycles. The number of quaternary nitrogens is 1. The number of fused-ring (bicyclic) bond motifs is 1. The molecule has 3 aromatic rings. The number of nitrogens with zero attached hydrogens (tertiary/aromatic N) is 2. The molecule has 158 valence electrons. The molecule has 6 heteroatoms. The fourth-order valence-electron chi connectivity index (χ4n) is 3.87. The molecule has 5 nitrogen and oxygen atoms in total. The van der Waals surface area contributed by atoms with Gasteiger partial charge in [-0.05, 0) is 49.6 Å². The van der Waals surface area contributed by atoms with E-state index >= 15 is 0 Å². The highest BCUT2D eigenvalue weighted by atomic mass is 32.1. The van der Waals surface area contributed by atoms with E-state index in [2.05, 4.69) is 31.2 Å². The molecule has 1 fully saturated rings. The summed E-state index contributed by atoms with van der Waals surface area (Å²) in [4.78, 5) is 21.9. The summed E-state index contributed by atoms with van der Waals surface area (Å²) in [6, 6.07) is 12.5. The number of nitrogens with one attached hydrogen (secondary N) is 1. The molecule has 0 aliphatic carbocycles. The van der Waals surface area contributed by atoms with Crippen LogP contribution in [0.3, 0.4) is 0 Å². The summed E-state index contributed by atoms with van der Waals surface area (Å²) in [5.74, 6) is 0.0404. The summed E-state index contributed by atoms with van der Waals surface area (Å²) < 4.78 is 6.63. The Morgan fingerprint density at radius 2 is 1.97 bits per heavy atom. The monoisotopic (exact) mass is 424 g/mol. The largest absolute Gasteiger partial charge is 0.370 e. The SMILES string of the molecule is CCc1ccc2nc(N(CC[NH+]3CCOCC3)C(=O)c3cc(C)ccc3C)sc2c1. The van der Waals surface area contributed by atoms with Gasteiger partial charge >= 0.3 is 0 Å². The number of carbonyl (C=O) groups is 1. The van der Waals surface area contributed by atoms with Crippen LogP contribution in [0.15, 0.2) is 36.4 Å². The maximum absolute atomic E-state index is 13.6. The van der Waals surface area contributed by atoms with E-state index in [-0.39, 0.29) is 5.91 Å². The predicted molar refractivity (Wildman–Crippen MR) is 123 cm³/mol. The highest BCUT2D eigenvalue weighted by Crippen LogP contribution is 2.31. The van der Waals surface area contributed by atoms with Crippen LogP contribution in [0, 0.1) is 13.8 Å². The first-order chi connectivity index (χ1) is 14.5. The molecule has 1 aromatic heterocycles. The third-order valence-corrected chi connectivity index (χ3v) is 6.88. The molecule has 0 unspecified atom stereocenters. The van der Waals surface area contributed by atoms with E-state index in [0.29, 0.717) is 6.54 Å². The Morgan fingerprint density at radius 1 is 1.17 bits per heavy atom. The van der Waals surface area contributed by atoms with Crippen LogP contribution in [-0.4, -0.2) is 50.3 Å². The van der Waals surface area contributed by atoms with E-state index in [0.717, 1.165) is 71.3 Å². The van der Waals surface area contributed by atoms with Gasteiger partial charge < -0.3 is 9.64 Å². The summed E-state index contributed by atoms with van der Waals surface area (Å²) in [5.41, 5.74) is 5.12. The van der Waals surface area contributed by atoms with Crippen molar-refractivity contribution in [3.63, 3.8) is 0 Å². The van der Waals surface area contributed by atoms with E-state index in [1.165, 1.54) is 10.5 Å². The smallest absolute Gasteiger partial charge is 0.260 e. The second-order valence-electron chi connectivity index (χ2n) is 8.04. The summed E-state index contributed by atoms with van der Waals surface area (Å²) >= 11 is 1.61. The molecule has 1 amide bonds. The van der Waals surface area contributed by atoms with Gasteiger partial charge in [0.15, 0.2) is 5.13 Å². The number of hydrogen-bond donors (Lipinski definition) is 1. The lowest BCUT2D eigenvalue weighted by molar-refractivity contribution is -0.906. The number of aromatic nitrogens is 1. The third kappa shape index (κ3) is 4.56. The quantitative estimate of drug-likeness (QED) is 0.662. The molecular formula is C24H30N3O2S+. The Labute approximate surface area is 182 Å². The first-order valence-electron chi connectivity index (χ1n) is 10.7. The molecule has 30 heavy (non-hydrogen) atoms. The molecule has 1 saturated heterocycles. The van der Waals surface area contributed by atoms with Gasteiger partial charge in [-0.3, -0.25) is 9.69 Å². The Balaban J connectivity index is 1.67. The second kappa shape index (κ2) is 9.25. The van der Waals surface area contributed by atoms with Crippen molar-refractivity contribution in [3.05, 3.63) is 58.7 Å². The third-order valence-electron chi connectivity index (χ3n) is 5.84. The van der Waals surface area contributed by atoms with Crippen molar-refractivity contribution < 1.29 is 14.4 Å². The maximum Gasteiger partial charge on any atom is 0.260 e. The van der Waals surface area contributed by atoms with Crippen LogP contribution in [0.2, 0.25) is 0 Å². The Hall–Kier alpha value is -2.28. The highest BCUT2D eigenvalue weighted by molar-refractivity contribution is 7.22. The van der Waals surface area contributed by atoms with Gasteiger partial charge in [-0.15, -0.1) is 0 Å². The number of rotatable bonds is 6. The first-order valence-corrected chi connectivity index (χ1v) is 11.6. The topological polar surface area (TPSA) is 46.9 Å². The maximum atomic E-state index is 13.6. The van der Waals surface area contributed by atoms with Crippen molar-refractivity contribution in [2.45, 2.75) is 27.2 Å². The van der Waals surface area contributed by atoms with Crippen LogP contribution in [0.5, 0.6) is 0 Å². The molecule has 0 saturated carbocycles. The van der Waals surface area contributed by atoms with Crippen LogP contribution in [0.4, 0.5) is 5.13 Å². The zero-order valence-electron chi connectivity index (χ0n) is 18.0. The highest BCUT2D eigenvalue weighted by Gasteiger charge is 2.25. The van der Waals surface area contributed by atoms with Crippen molar-refractivity contribution in [2.75, 3.05) is 44.3 Å². The van der Waals surface area contributed by atoms with E-state index in [1.807, 2.05) is 30.9 Å². The van der Waals surface area contributed by atoms with Crippen molar-refractivity contribution in [3.8, 4) is 0 Å². The molecule has 2 heterocycles. The lowest BCUT2D eigenvalue weighted by Gasteiger charge is -2.27. The minimum absolute atomic E-state index is 0.0404. The van der Waals surface area contributed by atoms with Crippen molar-refractivity contribution in [2.24, 2.45) is 0 Å². The van der Waals surface area contributed by atoms with Gasteiger partial charge in [-0.2, -0.15) is 0 Å². The van der Waals surface area contributed by atoms with Gasteiger partial charge in [0.1, 0.15) is 13.1 Å². The van der Waals surface area contributed by atoms with Crippen LogP contribution in [0.25, 0.3) is 10.2 Å². The molecular weight excluding hydrogens is 394 g/mol. The number of carbonyl (C=O) groups excluding carboxylic acids is 1. The van der Waals surface area contributed by atoms with Gasteiger partial charge in [-0.1, -0.05) is 42.0 Å². The molecule has 0 atom stereocenters. The summed E-state index contributed by atoms with van der Waals surface area (Å²) in [6.45, 7) is 11.3. The van der Waals surface area contributed by atoms with Crippen molar-refractivity contribution in [1.29, 1.82) is 0 Å².